The lowest BCUT2D eigenvalue weighted by Crippen LogP contribution is -2.54. The maximum Gasteiger partial charge on any atom is 0.0193 e. The molecule has 0 aromatic heterocycles. The van der Waals surface area contributed by atoms with Crippen molar-refractivity contribution in [3.05, 3.63) is 6.92 Å². The molecule has 0 aliphatic carbocycles. The van der Waals surface area contributed by atoms with Crippen molar-refractivity contribution in [2.24, 2.45) is 0 Å². The average Bonchev–Trinajstić information content (AvgIpc) is 2.33. The summed E-state index contributed by atoms with van der Waals surface area (Å²) in [6.45, 7) is 8.48. The molecule has 2 heteroatoms. The minimum atomic E-state index is 0.711. The molecule has 1 aliphatic heterocycles. The molecule has 95 valence electrons. The molecular formula is C14H29N2. The summed E-state index contributed by atoms with van der Waals surface area (Å²) in [6, 6.07) is 1.43. The van der Waals surface area contributed by atoms with Gasteiger partial charge < -0.3 is 10.6 Å². The smallest absolute Gasteiger partial charge is 0.0193 e. The van der Waals surface area contributed by atoms with E-state index >= 15 is 0 Å². The summed E-state index contributed by atoms with van der Waals surface area (Å²) in [5.74, 6) is 0. The van der Waals surface area contributed by atoms with Crippen molar-refractivity contribution >= 4 is 0 Å². The van der Waals surface area contributed by atoms with E-state index in [4.69, 9.17) is 0 Å². The van der Waals surface area contributed by atoms with Crippen LogP contribution in [-0.2, 0) is 0 Å². The monoisotopic (exact) mass is 225 g/mol. The lowest BCUT2D eigenvalue weighted by Gasteiger charge is -2.31. The third-order valence-corrected chi connectivity index (χ3v) is 3.51. The Labute approximate surface area is 102 Å². The second kappa shape index (κ2) is 9.00. The molecule has 2 nitrogen and oxygen atoms in total. The molecule has 16 heavy (non-hydrogen) atoms. The van der Waals surface area contributed by atoms with Gasteiger partial charge in [-0.15, -0.1) is 0 Å². The van der Waals surface area contributed by atoms with Crippen molar-refractivity contribution in [2.75, 3.05) is 13.1 Å². The number of piperazine rings is 1. The minimum absolute atomic E-state index is 0.711. The van der Waals surface area contributed by atoms with Crippen LogP contribution < -0.4 is 10.6 Å². The van der Waals surface area contributed by atoms with Crippen molar-refractivity contribution in [3.63, 3.8) is 0 Å². The molecule has 0 amide bonds. The Hall–Kier alpha value is -0.0800. The fourth-order valence-corrected chi connectivity index (χ4v) is 2.37. The molecular weight excluding hydrogens is 196 g/mol. The zero-order valence-electron chi connectivity index (χ0n) is 10.9. The zero-order chi connectivity index (χ0) is 11.6. The van der Waals surface area contributed by atoms with Crippen molar-refractivity contribution in [1.82, 2.24) is 10.6 Å². The van der Waals surface area contributed by atoms with Crippen molar-refractivity contribution in [3.8, 4) is 0 Å². The second-order valence-electron chi connectivity index (χ2n) is 5.06. The molecule has 2 atom stereocenters. The van der Waals surface area contributed by atoms with Crippen molar-refractivity contribution in [2.45, 2.75) is 70.4 Å². The van der Waals surface area contributed by atoms with Gasteiger partial charge in [0.05, 0.1) is 0 Å². The summed E-state index contributed by atoms with van der Waals surface area (Å²) in [4.78, 5) is 0. The number of nitrogens with one attached hydrogen (secondary N) is 2. The van der Waals surface area contributed by atoms with Gasteiger partial charge in [0.15, 0.2) is 0 Å². The first kappa shape index (κ1) is 14.0. The number of hydrogen-bond acceptors (Lipinski definition) is 2. The van der Waals surface area contributed by atoms with E-state index in [1.54, 1.807) is 0 Å². The van der Waals surface area contributed by atoms with E-state index in [0.29, 0.717) is 6.04 Å². The predicted molar refractivity (Wildman–Crippen MR) is 71.5 cm³/mol. The summed E-state index contributed by atoms with van der Waals surface area (Å²) in [7, 11) is 0. The summed E-state index contributed by atoms with van der Waals surface area (Å²) in [6.07, 6.45) is 10.4. The Morgan fingerprint density at radius 2 is 1.56 bits per heavy atom. The van der Waals surface area contributed by atoms with Gasteiger partial charge in [-0.3, -0.25) is 0 Å². The summed E-state index contributed by atoms with van der Waals surface area (Å²) in [5.41, 5.74) is 0. The van der Waals surface area contributed by atoms with Gasteiger partial charge in [-0.25, -0.2) is 0 Å². The summed E-state index contributed by atoms with van der Waals surface area (Å²) in [5, 5.41) is 7.35. The van der Waals surface area contributed by atoms with Crippen LogP contribution in [0.15, 0.2) is 0 Å². The highest BCUT2D eigenvalue weighted by molar-refractivity contribution is 4.82. The van der Waals surface area contributed by atoms with E-state index in [-0.39, 0.29) is 0 Å². The average molecular weight is 225 g/mol. The standard InChI is InChI=1S/C14H29N2/c1-3-5-7-8-10-14-12-15-13(11-16-14)9-6-4-2/h13-16H,1,3-12H2,2H3. The van der Waals surface area contributed by atoms with Crippen LogP contribution in [0.25, 0.3) is 0 Å². The molecule has 0 bridgehead atoms. The van der Waals surface area contributed by atoms with Gasteiger partial charge in [-0.2, -0.15) is 0 Å². The zero-order valence-corrected chi connectivity index (χ0v) is 10.9. The van der Waals surface area contributed by atoms with Gasteiger partial charge in [0.2, 0.25) is 0 Å². The molecule has 0 saturated carbocycles. The van der Waals surface area contributed by atoms with Crippen LogP contribution in [0.2, 0.25) is 0 Å². The van der Waals surface area contributed by atoms with Gasteiger partial charge >= 0.3 is 0 Å². The summed E-state index contributed by atoms with van der Waals surface area (Å²) < 4.78 is 0. The van der Waals surface area contributed by atoms with Gasteiger partial charge in [-0.1, -0.05) is 52.4 Å². The van der Waals surface area contributed by atoms with Gasteiger partial charge in [-0.05, 0) is 12.8 Å². The molecule has 1 saturated heterocycles. The van der Waals surface area contributed by atoms with Crippen molar-refractivity contribution < 1.29 is 0 Å². The second-order valence-corrected chi connectivity index (χ2v) is 5.06. The maximum absolute atomic E-state index is 3.88. The Morgan fingerprint density at radius 1 is 0.938 bits per heavy atom. The quantitative estimate of drug-likeness (QED) is 0.621. The third-order valence-electron chi connectivity index (χ3n) is 3.51. The van der Waals surface area contributed by atoms with Crippen LogP contribution in [0.4, 0.5) is 0 Å². The third kappa shape index (κ3) is 5.86. The first-order valence-electron chi connectivity index (χ1n) is 7.12. The minimum Gasteiger partial charge on any atom is -0.311 e. The van der Waals surface area contributed by atoms with E-state index in [1.165, 1.54) is 58.0 Å². The van der Waals surface area contributed by atoms with Gasteiger partial charge in [0.1, 0.15) is 0 Å². The highest BCUT2D eigenvalue weighted by atomic mass is 15.1. The van der Waals surface area contributed by atoms with Crippen LogP contribution in [0.1, 0.15) is 58.3 Å². The molecule has 2 unspecified atom stereocenters. The molecule has 0 aromatic carbocycles. The van der Waals surface area contributed by atoms with Crippen LogP contribution in [-0.4, -0.2) is 25.2 Å². The van der Waals surface area contributed by atoms with Crippen LogP contribution in [0.5, 0.6) is 0 Å². The largest absolute Gasteiger partial charge is 0.311 e. The van der Waals surface area contributed by atoms with Crippen molar-refractivity contribution in [1.29, 1.82) is 0 Å². The topological polar surface area (TPSA) is 24.1 Å². The first-order chi connectivity index (χ1) is 7.86. The fraction of sp³-hybridized carbons (Fsp3) is 0.929. The van der Waals surface area contributed by atoms with Gasteiger partial charge in [0, 0.05) is 25.2 Å². The molecule has 1 heterocycles. The van der Waals surface area contributed by atoms with E-state index in [2.05, 4.69) is 24.5 Å². The van der Waals surface area contributed by atoms with Crippen LogP contribution in [0.3, 0.4) is 0 Å². The normalized spacial score (nSPS) is 25.9. The molecule has 0 spiro atoms. The molecule has 1 aliphatic rings. The SMILES string of the molecule is [CH2]CCCCCC1CNC(CCCC)CN1. The van der Waals surface area contributed by atoms with E-state index in [1.807, 2.05) is 0 Å². The lowest BCUT2D eigenvalue weighted by atomic mass is 10.0. The highest BCUT2D eigenvalue weighted by Crippen LogP contribution is 2.09. The molecule has 1 rings (SSSR count). The van der Waals surface area contributed by atoms with Gasteiger partial charge in [0.25, 0.3) is 0 Å². The Balaban J connectivity index is 1.98. The Morgan fingerprint density at radius 3 is 2.06 bits per heavy atom. The fourth-order valence-electron chi connectivity index (χ4n) is 2.37. The summed E-state index contributed by atoms with van der Waals surface area (Å²) >= 11 is 0. The number of rotatable bonds is 8. The molecule has 2 N–H and O–H groups in total. The highest BCUT2D eigenvalue weighted by Gasteiger charge is 2.18. The van der Waals surface area contributed by atoms with Crippen LogP contribution >= 0.6 is 0 Å². The lowest BCUT2D eigenvalue weighted by molar-refractivity contribution is 0.313. The van der Waals surface area contributed by atoms with E-state index in [0.717, 1.165) is 12.5 Å². The maximum atomic E-state index is 3.88. The first-order valence-corrected chi connectivity index (χ1v) is 7.12. The van der Waals surface area contributed by atoms with E-state index in [9.17, 15) is 0 Å². The number of hydrogen-bond donors (Lipinski definition) is 2. The predicted octanol–water partition coefficient (Wildman–Crippen LogP) is 2.89. The van der Waals surface area contributed by atoms with E-state index < -0.39 is 0 Å². The Kier molecular flexibility index (Phi) is 7.87. The molecule has 0 aromatic rings. The Bertz CT molecular complexity index is 151. The molecule has 1 radical (unpaired) electrons. The molecule has 1 fully saturated rings. The van der Waals surface area contributed by atoms with Crippen LogP contribution in [0, 0.1) is 6.92 Å². The number of unbranched alkanes of at least 4 members (excludes halogenated alkanes) is 4.